The number of ether oxygens (including phenoxy) is 1. The first-order valence-electron chi connectivity index (χ1n) is 11.8. The first-order valence-corrected chi connectivity index (χ1v) is 12.2. The number of nitrogens with one attached hydrogen (secondary N) is 1. The van der Waals surface area contributed by atoms with E-state index in [1.165, 1.54) is 19.2 Å². The number of hydrogen-bond acceptors (Lipinski definition) is 8. The van der Waals surface area contributed by atoms with Gasteiger partial charge in [-0.1, -0.05) is 23.4 Å². The van der Waals surface area contributed by atoms with Gasteiger partial charge >= 0.3 is 0 Å². The first-order chi connectivity index (χ1) is 18.0. The van der Waals surface area contributed by atoms with Gasteiger partial charge in [-0.2, -0.15) is 4.98 Å². The van der Waals surface area contributed by atoms with E-state index >= 15 is 0 Å². The number of nitrogens with zero attached hydrogens (tertiary/aromatic N) is 6. The molecule has 0 amide bonds. The van der Waals surface area contributed by atoms with Crippen LogP contribution < -0.4 is 10.1 Å². The van der Waals surface area contributed by atoms with E-state index in [2.05, 4.69) is 29.9 Å². The molecule has 0 saturated carbocycles. The molecule has 0 aliphatic carbocycles. The Morgan fingerprint density at radius 3 is 2.76 bits per heavy atom. The molecule has 2 aromatic heterocycles. The number of hydrogen-bond donors (Lipinski definition) is 1. The highest BCUT2D eigenvalue weighted by molar-refractivity contribution is 7.80. The number of anilines is 1. The summed E-state index contributed by atoms with van der Waals surface area (Å²) in [5.41, 5.74) is 1.43. The third-order valence-corrected chi connectivity index (χ3v) is 6.69. The molecular weight excluding hydrogens is 494 g/mol. The molecule has 3 heterocycles. The zero-order chi connectivity index (χ0) is 25.8. The van der Waals surface area contributed by atoms with Crippen molar-refractivity contribution in [2.24, 2.45) is 0 Å². The average Bonchev–Trinajstić information content (AvgIpc) is 3.59. The van der Waals surface area contributed by atoms with Gasteiger partial charge in [0.25, 0.3) is 11.6 Å². The predicted octanol–water partition coefficient (Wildman–Crippen LogP) is 4.47. The number of nitro groups is 1. The lowest BCUT2D eigenvalue weighted by atomic mass is 9.96. The molecule has 0 unspecified atom stereocenters. The van der Waals surface area contributed by atoms with Crippen LogP contribution >= 0.6 is 12.2 Å². The van der Waals surface area contributed by atoms with E-state index in [4.69, 9.17) is 21.5 Å². The van der Waals surface area contributed by atoms with Crippen molar-refractivity contribution in [1.82, 2.24) is 24.6 Å². The Morgan fingerprint density at radius 1 is 1.24 bits per heavy atom. The summed E-state index contributed by atoms with van der Waals surface area (Å²) in [7, 11) is 1.47. The van der Waals surface area contributed by atoms with Crippen LogP contribution in [0.4, 0.5) is 11.4 Å². The van der Waals surface area contributed by atoms with Gasteiger partial charge in [-0.25, -0.2) is 4.98 Å². The van der Waals surface area contributed by atoms with Crippen LogP contribution in [0.1, 0.15) is 30.4 Å². The fraction of sp³-hybridized carbons (Fsp3) is 0.280. The molecule has 1 saturated heterocycles. The van der Waals surface area contributed by atoms with Gasteiger partial charge in [-0.05, 0) is 43.3 Å². The fourth-order valence-corrected chi connectivity index (χ4v) is 4.71. The SMILES string of the molecule is COc1cc([N+](=O)[O-])ccc1NC(=S)N1CCC(c2nccn2Cc2noc(-c3ccccc3)n2)CC1. The Morgan fingerprint density at radius 2 is 2.03 bits per heavy atom. The summed E-state index contributed by atoms with van der Waals surface area (Å²) in [6.45, 7) is 1.98. The van der Waals surface area contributed by atoms with Crippen molar-refractivity contribution < 1.29 is 14.2 Å². The highest BCUT2D eigenvalue weighted by Gasteiger charge is 2.26. The van der Waals surface area contributed by atoms with Gasteiger partial charge in [0.15, 0.2) is 10.9 Å². The van der Waals surface area contributed by atoms with E-state index in [1.54, 1.807) is 12.3 Å². The standard InChI is InChI=1S/C25H25N7O4S/c1-35-21-15-19(32(33)34)7-8-20(21)27-25(37)30-12-9-17(10-13-30)23-26-11-14-31(23)16-22-28-24(36-29-22)18-5-3-2-4-6-18/h2-8,11,14-15,17H,9-10,12-13,16H2,1H3,(H,27,37). The first kappa shape index (κ1) is 24.4. The van der Waals surface area contributed by atoms with Gasteiger partial charge < -0.3 is 24.0 Å². The van der Waals surface area contributed by atoms with E-state index < -0.39 is 4.92 Å². The molecule has 1 aliphatic rings. The molecule has 0 radical (unpaired) electrons. The highest BCUT2D eigenvalue weighted by Crippen LogP contribution is 2.31. The molecule has 0 bridgehead atoms. The number of benzene rings is 2. The minimum Gasteiger partial charge on any atom is -0.494 e. The summed E-state index contributed by atoms with van der Waals surface area (Å²) in [5, 5.41) is 18.9. The Bertz CT molecular complexity index is 1400. The molecule has 1 aliphatic heterocycles. The molecule has 12 heteroatoms. The number of nitro benzene ring substituents is 1. The summed E-state index contributed by atoms with van der Waals surface area (Å²) >= 11 is 5.62. The van der Waals surface area contributed by atoms with Crippen LogP contribution in [0.5, 0.6) is 5.75 Å². The molecule has 0 spiro atoms. The van der Waals surface area contributed by atoms with Gasteiger partial charge in [-0.15, -0.1) is 0 Å². The summed E-state index contributed by atoms with van der Waals surface area (Å²) < 4.78 is 12.8. The molecule has 4 aromatic rings. The second kappa shape index (κ2) is 10.7. The van der Waals surface area contributed by atoms with Crippen LogP contribution in [0, 0.1) is 10.1 Å². The lowest BCUT2D eigenvalue weighted by Crippen LogP contribution is -2.40. The van der Waals surface area contributed by atoms with E-state index in [0.29, 0.717) is 34.8 Å². The zero-order valence-corrected chi connectivity index (χ0v) is 20.9. The number of likely N-dealkylation sites (tertiary alicyclic amines) is 1. The van der Waals surface area contributed by atoms with Crippen LogP contribution in [0.2, 0.25) is 0 Å². The third kappa shape index (κ3) is 5.43. The lowest BCUT2D eigenvalue weighted by molar-refractivity contribution is -0.384. The molecule has 1 fully saturated rings. The zero-order valence-electron chi connectivity index (χ0n) is 20.1. The Labute approximate surface area is 218 Å². The molecule has 5 rings (SSSR count). The normalized spacial score (nSPS) is 13.9. The summed E-state index contributed by atoms with van der Waals surface area (Å²) in [4.78, 5) is 21.8. The van der Waals surface area contributed by atoms with E-state index in [-0.39, 0.29) is 11.6 Å². The number of aromatic nitrogens is 4. The van der Waals surface area contributed by atoms with Crippen LogP contribution in [-0.2, 0) is 6.54 Å². The Hall–Kier alpha value is -4.32. The van der Waals surface area contributed by atoms with Crippen molar-refractivity contribution in [2.45, 2.75) is 25.3 Å². The van der Waals surface area contributed by atoms with Crippen molar-refractivity contribution in [1.29, 1.82) is 0 Å². The van der Waals surface area contributed by atoms with Gasteiger partial charge in [-0.3, -0.25) is 10.1 Å². The smallest absolute Gasteiger partial charge is 0.273 e. The number of thiocarbonyl (C=S) groups is 1. The monoisotopic (exact) mass is 519 g/mol. The highest BCUT2D eigenvalue weighted by atomic mass is 32.1. The minimum atomic E-state index is -0.458. The second-order valence-electron chi connectivity index (χ2n) is 8.63. The number of imidazole rings is 1. The Kier molecular flexibility index (Phi) is 7.08. The maximum absolute atomic E-state index is 11.0. The van der Waals surface area contributed by atoms with Crippen molar-refractivity contribution in [3.05, 3.63) is 82.7 Å². The second-order valence-corrected chi connectivity index (χ2v) is 9.01. The van der Waals surface area contributed by atoms with Crippen LogP contribution in [0.3, 0.4) is 0 Å². The van der Waals surface area contributed by atoms with Gasteiger partial charge in [0.1, 0.15) is 11.6 Å². The third-order valence-electron chi connectivity index (χ3n) is 6.33. The molecule has 1 N–H and O–H groups in total. The maximum atomic E-state index is 11.0. The number of rotatable bonds is 7. The quantitative estimate of drug-likeness (QED) is 0.212. The van der Waals surface area contributed by atoms with Crippen LogP contribution in [0.15, 0.2) is 65.4 Å². The maximum Gasteiger partial charge on any atom is 0.273 e. The topological polar surface area (TPSA) is 124 Å². The minimum absolute atomic E-state index is 0.0401. The van der Waals surface area contributed by atoms with E-state index in [1.807, 2.05) is 36.5 Å². The van der Waals surface area contributed by atoms with Crippen molar-refractivity contribution in [3.63, 3.8) is 0 Å². The lowest BCUT2D eigenvalue weighted by Gasteiger charge is -2.33. The number of non-ortho nitro benzene ring substituents is 1. The fourth-order valence-electron chi connectivity index (χ4n) is 4.41. The molecule has 11 nitrogen and oxygen atoms in total. The van der Waals surface area contributed by atoms with Crippen molar-refractivity contribution in [3.8, 4) is 17.2 Å². The Balaban J connectivity index is 1.20. The summed E-state index contributed by atoms with van der Waals surface area (Å²) in [5.74, 6) is 2.71. The number of piperidine rings is 1. The molecule has 0 atom stereocenters. The largest absolute Gasteiger partial charge is 0.494 e. The van der Waals surface area contributed by atoms with Gasteiger partial charge in [0.2, 0.25) is 0 Å². The van der Waals surface area contributed by atoms with Crippen LogP contribution in [-0.4, -0.2) is 54.8 Å². The molecule has 2 aromatic carbocycles. The van der Waals surface area contributed by atoms with Crippen LogP contribution in [0.25, 0.3) is 11.5 Å². The van der Waals surface area contributed by atoms with Crippen molar-refractivity contribution in [2.75, 3.05) is 25.5 Å². The van der Waals surface area contributed by atoms with Crippen molar-refractivity contribution >= 4 is 28.7 Å². The molecule has 37 heavy (non-hydrogen) atoms. The summed E-state index contributed by atoms with van der Waals surface area (Å²) in [6, 6.07) is 14.1. The average molecular weight is 520 g/mol. The van der Waals surface area contributed by atoms with Gasteiger partial charge in [0, 0.05) is 43.0 Å². The summed E-state index contributed by atoms with van der Waals surface area (Å²) in [6.07, 6.45) is 5.48. The van der Waals surface area contributed by atoms with E-state index in [9.17, 15) is 10.1 Å². The number of methoxy groups -OCH3 is 1. The predicted molar refractivity (Wildman–Crippen MR) is 140 cm³/mol. The van der Waals surface area contributed by atoms with E-state index in [0.717, 1.165) is 37.3 Å². The van der Waals surface area contributed by atoms with Gasteiger partial charge in [0.05, 0.1) is 30.3 Å². The molecule has 190 valence electrons. The molecular formula is C25H25N7O4S.